The molecular weight excluding hydrogens is 246 g/mol. The van der Waals surface area contributed by atoms with Crippen molar-refractivity contribution in [3.05, 3.63) is 52.8 Å². The molecule has 0 spiro atoms. The van der Waals surface area contributed by atoms with Gasteiger partial charge in [0.05, 0.1) is 6.20 Å². The first-order valence-electron chi connectivity index (χ1n) is 7.61. The van der Waals surface area contributed by atoms with Gasteiger partial charge in [-0.25, -0.2) is 0 Å². The molecule has 1 aliphatic rings. The number of aromatic nitrogens is 2. The Morgan fingerprint density at radius 2 is 2.25 bits per heavy atom. The molecule has 106 valence electrons. The molecule has 0 amide bonds. The van der Waals surface area contributed by atoms with E-state index >= 15 is 0 Å². The Hall–Kier alpha value is -1.61. The van der Waals surface area contributed by atoms with Gasteiger partial charge < -0.3 is 5.32 Å². The third kappa shape index (κ3) is 3.48. The quantitative estimate of drug-likeness (QED) is 0.757. The molecule has 2 N–H and O–H groups in total. The molecule has 0 radical (unpaired) electrons. The number of hydrogen-bond acceptors (Lipinski definition) is 2. The SMILES string of the molecule is Cc1[nH]ncc1CCCNCc1cccc(C2CC2)c1. The molecule has 3 heteroatoms. The lowest BCUT2D eigenvalue weighted by atomic mass is 10.1. The molecule has 1 saturated carbocycles. The smallest absolute Gasteiger partial charge is 0.0522 e. The molecule has 1 aromatic heterocycles. The Bertz CT molecular complexity index is 555. The van der Waals surface area contributed by atoms with Crippen LogP contribution in [-0.2, 0) is 13.0 Å². The lowest BCUT2D eigenvalue weighted by Gasteiger charge is -2.06. The van der Waals surface area contributed by atoms with Gasteiger partial charge in [0.1, 0.15) is 0 Å². The van der Waals surface area contributed by atoms with Crippen molar-refractivity contribution in [2.45, 2.75) is 45.1 Å². The molecule has 1 aliphatic carbocycles. The van der Waals surface area contributed by atoms with E-state index in [0.29, 0.717) is 0 Å². The summed E-state index contributed by atoms with van der Waals surface area (Å²) in [5.74, 6) is 0.846. The largest absolute Gasteiger partial charge is 0.313 e. The molecule has 0 unspecified atom stereocenters. The molecule has 0 saturated heterocycles. The zero-order valence-electron chi connectivity index (χ0n) is 12.2. The van der Waals surface area contributed by atoms with E-state index in [1.807, 2.05) is 6.20 Å². The number of benzene rings is 1. The third-order valence-electron chi connectivity index (χ3n) is 4.06. The monoisotopic (exact) mass is 269 g/mol. The molecule has 0 atom stereocenters. The van der Waals surface area contributed by atoms with E-state index in [1.54, 1.807) is 0 Å². The molecule has 0 bridgehead atoms. The van der Waals surface area contributed by atoms with E-state index in [9.17, 15) is 0 Å². The van der Waals surface area contributed by atoms with Gasteiger partial charge in [0.2, 0.25) is 0 Å². The molecule has 1 fully saturated rings. The number of nitrogens with one attached hydrogen (secondary N) is 2. The Morgan fingerprint density at radius 3 is 3.00 bits per heavy atom. The average molecular weight is 269 g/mol. The van der Waals surface area contributed by atoms with Crippen LogP contribution in [0.4, 0.5) is 0 Å². The van der Waals surface area contributed by atoms with E-state index in [0.717, 1.165) is 31.8 Å². The maximum absolute atomic E-state index is 4.05. The van der Waals surface area contributed by atoms with E-state index in [2.05, 4.69) is 46.7 Å². The van der Waals surface area contributed by atoms with Gasteiger partial charge in [0.25, 0.3) is 0 Å². The molecule has 3 rings (SSSR count). The van der Waals surface area contributed by atoms with Crippen LogP contribution >= 0.6 is 0 Å². The zero-order chi connectivity index (χ0) is 13.8. The highest BCUT2D eigenvalue weighted by atomic mass is 15.1. The Kier molecular flexibility index (Phi) is 4.16. The van der Waals surface area contributed by atoms with E-state index in [4.69, 9.17) is 0 Å². The first-order valence-corrected chi connectivity index (χ1v) is 7.61. The summed E-state index contributed by atoms with van der Waals surface area (Å²) in [6, 6.07) is 9.05. The highest BCUT2D eigenvalue weighted by Crippen LogP contribution is 2.40. The molecular formula is C17H23N3. The minimum absolute atomic E-state index is 0.846. The fraction of sp³-hybridized carbons (Fsp3) is 0.471. The summed E-state index contributed by atoms with van der Waals surface area (Å²) in [4.78, 5) is 0. The lowest BCUT2D eigenvalue weighted by Crippen LogP contribution is -2.15. The van der Waals surface area contributed by atoms with Crippen LogP contribution in [0.1, 0.15) is 47.6 Å². The van der Waals surface area contributed by atoms with Gasteiger partial charge in [0.15, 0.2) is 0 Å². The van der Waals surface area contributed by atoms with Crippen LogP contribution in [0.5, 0.6) is 0 Å². The fourth-order valence-corrected chi connectivity index (χ4v) is 2.64. The second-order valence-corrected chi connectivity index (χ2v) is 5.82. The Labute approximate surface area is 120 Å². The van der Waals surface area contributed by atoms with Crippen LogP contribution in [0.25, 0.3) is 0 Å². The van der Waals surface area contributed by atoms with Crippen molar-refractivity contribution in [1.82, 2.24) is 15.5 Å². The van der Waals surface area contributed by atoms with E-state index in [1.165, 1.54) is 35.2 Å². The van der Waals surface area contributed by atoms with Gasteiger partial charge >= 0.3 is 0 Å². The van der Waals surface area contributed by atoms with Crippen molar-refractivity contribution in [2.24, 2.45) is 0 Å². The van der Waals surface area contributed by atoms with Crippen LogP contribution in [-0.4, -0.2) is 16.7 Å². The number of aryl methyl sites for hydroxylation is 2. The van der Waals surface area contributed by atoms with Gasteiger partial charge in [-0.05, 0) is 61.8 Å². The van der Waals surface area contributed by atoms with Crippen molar-refractivity contribution < 1.29 is 0 Å². The molecule has 1 aromatic carbocycles. The molecule has 0 aliphatic heterocycles. The van der Waals surface area contributed by atoms with Gasteiger partial charge in [0, 0.05) is 12.2 Å². The minimum atomic E-state index is 0.846. The third-order valence-corrected chi connectivity index (χ3v) is 4.06. The van der Waals surface area contributed by atoms with Crippen LogP contribution in [0.15, 0.2) is 30.5 Å². The lowest BCUT2D eigenvalue weighted by molar-refractivity contribution is 0.648. The second kappa shape index (κ2) is 6.23. The molecule has 20 heavy (non-hydrogen) atoms. The maximum atomic E-state index is 4.05. The Morgan fingerprint density at radius 1 is 1.35 bits per heavy atom. The summed E-state index contributed by atoms with van der Waals surface area (Å²) in [5, 5.41) is 10.6. The van der Waals surface area contributed by atoms with Crippen molar-refractivity contribution in [3.63, 3.8) is 0 Å². The van der Waals surface area contributed by atoms with Crippen LogP contribution in [0, 0.1) is 6.92 Å². The fourth-order valence-electron chi connectivity index (χ4n) is 2.64. The van der Waals surface area contributed by atoms with Gasteiger partial charge in [-0.1, -0.05) is 24.3 Å². The minimum Gasteiger partial charge on any atom is -0.313 e. The second-order valence-electron chi connectivity index (χ2n) is 5.82. The van der Waals surface area contributed by atoms with Gasteiger partial charge in [-0.15, -0.1) is 0 Å². The molecule has 2 aromatic rings. The van der Waals surface area contributed by atoms with Crippen LogP contribution in [0.3, 0.4) is 0 Å². The standard InChI is InChI=1S/C17H23N3/c1-13-17(12-19-20-13)6-3-9-18-11-14-4-2-5-16(10-14)15-7-8-15/h2,4-5,10,12,15,18H,3,6-9,11H2,1H3,(H,19,20). The summed E-state index contributed by atoms with van der Waals surface area (Å²) >= 11 is 0. The predicted molar refractivity (Wildman–Crippen MR) is 81.8 cm³/mol. The van der Waals surface area contributed by atoms with Gasteiger partial charge in [-0.3, -0.25) is 5.10 Å². The summed E-state index contributed by atoms with van der Waals surface area (Å²) in [5.41, 5.74) is 5.47. The number of nitrogens with zero attached hydrogens (tertiary/aromatic N) is 1. The average Bonchev–Trinajstić information content (AvgIpc) is 3.23. The zero-order valence-corrected chi connectivity index (χ0v) is 12.2. The normalized spacial score (nSPS) is 14.7. The topological polar surface area (TPSA) is 40.7 Å². The summed E-state index contributed by atoms with van der Waals surface area (Å²) < 4.78 is 0. The number of aromatic amines is 1. The van der Waals surface area contributed by atoms with Crippen molar-refractivity contribution in [2.75, 3.05) is 6.54 Å². The molecule has 1 heterocycles. The predicted octanol–water partition coefficient (Wildman–Crippen LogP) is 3.32. The number of rotatable bonds is 7. The maximum Gasteiger partial charge on any atom is 0.0522 e. The van der Waals surface area contributed by atoms with Crippen LogP contribution in [0.2, 0.25) is 0 Å². The first-order chi connectivity index (χ1) is 9.83. The van der Waals surface area contributed by atoms with E-state index in [-0.39, 0.29) is 0 Å². The number of hydrogen-bond donors (Lipinski definition) is 2. The first kappa shape index (κ1) is 13.4. The summed E-state index contributed by atoms with van der Waals surface area (Å²) in [7, 11) is 0. The molecule has 3 nitrogen and oxygen atoms in total. The summed E-state index contributed by atoms with van der Waals surface area (Å²) in [6.45, 7) is 4.11. The van der Waals surface area contributed by atoms with Crippen molar-refractivity contribution >= 4 is 0 Å². The highest BCUT2D eigenvalue weighted by Gasteiger charge is 2.23. The highest BCUT2D eigenvalue weighted by molar-refractivity contribution is 5.29. The number of H-pyrrole nitrogens is 1. The van der Waals surface area contributed by atoms with E-state index < -0.39 is 0 Å². The van der Waals surface area contributed by atoms with Gasteiger partial charge in [-0.2, -0.15) is 5.10 Å². The van der Waals surface area contributed by atoms with Crippen LogP contribution < -0.4 is 5.32 Å². The van der Waals surface area contributed by atoms with Crippen molar-refractivity contribution in [3.8, 4) is 0 Å². The van der Waals surface area contributed by atoms with Crippen molar-refractivity contribution in [1.29, 1.82) is 0 Å². The Balaban J connectivity index is 1.39. The summed E-state index contributed by atoms with van der Waals surface area (Å²) in [6.07, 6.45) is 6.94.